The van der Waals surface area contributed by atoms with Gasteiger partial charge in [-0.25, -0.2) is 18.7 Å². The van der Waals surface area contributed by atoms with Crippen LogP contribution in [0, 0.1) is 0 Å². The second kappa shape index (κ2) is 9.60. The lowest BCUT2D eigenvalue weighted by molar-refractivity contribution is 0.0887. The third kappa shape index (κ3) is 4.49. The summed E-state index contributed by atoms with van der Waals surface area (Å²) in [5, 5.41) is 18.1. The van der Waals surface area contributed by atoms with Gasteiger partial charge in [0.1, 0.15) is 23.1 Å². The maximum absolute atomic E-state index is 14.1. The van der Waals surface area contributed by atoms with Crippen molar-refractivity contribution in [3.8, 4) is 11.3 Å². The number of ether oxygens (including phenoxy) is 1. The van der Waals surface area contributed by atoms with E-state index in [-0.39, 0.29) is 25.2 Å². The van der Waals surface area contributed by atoms with E-state index < -0.39 is 30.0 Å². The van der Waals surface area contributed by atoms with Crippen molar-refractivity contribution in [2.75, 3.05) is 25.2 Å². The van der Waals surface area contributed by atoms with Gasteiger partial charge in [-0.2, -0.15) is 9.61 Å². The number of carbonyl (C=O) groups is 1. The van der Waals surface area contributed by atoms with Crippen molar-refractivity contribution >= 4 is 28.4 Å². The molecule has 210 valence electrons. The second-order valence-corrected chi connectivity index (χ2v) is 10.6. The van der Waals surface area contributed by atoms with E-state index in [1.165, 1.54) is 10.8 Å². The Hall–Kier alpha value is -4.42. The Morgan fingerprint density at radius 1 is 1.20 bits per heavy atom. The van der Waals surface area contributed by atoms with Crippen LogP contribution in [0.15, 0.2) is 67.1 Å². The molecule has 1 aliphatic heterocycles. The number of hydrogen-bond acceptors (Lipinski definition) is 7. The molecule has 2 N–H and O–H groups in total. The van der Waals surface area contributed by atoms with E-state index in [1.807, 2.05) is 54.4 Å². The minimum Gasteiger partial charge on any atom is -0.388 e. The molecule has 7 rings (SSSR count). The van der Waals surface area contributed by atoms with Crippen LogP contribution in [0.2, 0.25) is 0 Å². The number of nitrogens with one attached hydrogen (secondary N) is 1. The number of aromatic nitrogens is 5. The van der Waals surface area contributed by atoms with Crippen LogP contribution in [0.1, 0.15) is 28.4 Å². The van der Waals surface area contributed by atoms with E-state index in [2.05, 4.69) is 15.4 Å². The number of nitrogens with zero attached hydrogens (tertiary/aromatic N) is 6. The van der Waals surface area contributed by atoms with Gasteiger partial charge in [0, 0.05) is 49.4 Å². The highest BCUT2D eigenvalue weighted by Gasteiger charge is 2.58. The van der Waals surface area contributed by atoms with Crippen molar-refractivity contribution in [2.24, 2.45) is 0 Å². The number of carbonyl (C=O) groups excluding carboxylic acids is 1. The second-order valence-electron chi connectivity index (χ2n) is 10.6. The molecule has 0 spiro atoms. The maximum Gasteiger partial charge on any atom is 0.270 e. The fourth-order valence-corrected chi connectivity index (χ4v) is 5.41. The highest BCUT2D eigenvalue weighted by atomic mass is 19.3. The third-order valence-electron chi connectivity index (χ3n) is 7.71. The monoisotopic (exact) mass is 559 g/mol. The van der Waals surface area contributed by atoms with Gasteiger partial charge < -0.3 is 24.6 Å². The first-order valence-electron chi connectivity index (χ1n) is 13.3. The average Bonchev–Trinajstić information content (AvgIpc) is 3.36. The molecule has 2 fully saturated rings. The minimum absolute atomic E-state index is 0.147. The Morgan fingerprint density at radius 3 is 2.73 bits per heavy atom. The lowest BCUT2D eigenvalue weighted by Gasteiger charge is -2.21. The number of aliphatic hydroxyl groups is 1. The van der Waals surface area contributed by atoms with Crippen LogP contribution in [0.5, 0.6) is 0 Å². The summed E-state index contributed by atoms with van der Waals surface area (Å²) in [7, 11) is 1.91. The summed E-state index contributed by atoms with van der Waals surface area (Å²) in [5.74, 6) is -2.58. The Labute approximate surface area is 233 Å². The minimum atomic E-state index is -2.79. The molecular formula is C29H27F2N7O3. The van der Waals surface area contributed by atoms with Crippen molar-refractivity contribution in [3.05, 3.63) is 78.2 Å². The molecule has 5 heterocycles. The van der Waals surface area contributed by atoms with Crippen molar-refractivity contribution in [3.63, 3.8) is 0 Å². The number of alkyl halides is 2. The van der Waals surface area contributed by atoms with E-state index in [0.29, 0.717) is 40.3 Å². The van der Waals surface area contributed by atoms with Crippen LogP contribution in [0.3, 0.4) is 0 Å². The summed E-state index contributed by atoms with van der Waals surface area (Å²) in [6.45, 7) is 0.896. The number of fused-ring (bicyclic) bond motifs is 2. The van der Waals surface area contributed by atoms with E-state index in [0.717, 1.165) is 5.56 Å². The number of pyridine rings is 1. The fraction of sp³-hybridized carbons (Fsp3) is 0.310. The van der Waals surface area contributed by atoms with Gasteiger partial charge in [-0.15, -0.1) is 0 Å². The van der Waals surface area contributed by atoms with Gasteiger partial charge in [0.15, 0.2) is 5.65 Å². The highest BCUT2D eigenvalue weighted by molar-refractivity contribution is 6.01. The molecule has 12 heteroatoms. The molecule has 10 nitrogen and oxygen atoms in total. The highest BCUT2D eigenvalue weighted by Crippen LogP contribution is 2.54. The maximum atomic E-state index is 14.1. The predicted octanol–water partition coefficient (Wildman–Crippen LogP) is 3.45. The Bertz CT molecular complexity index is 1770. The number of rotatable bonds is 7. The Balaban J connectivity index is 1.37. The van der Waals surface area contributed by atoms with Gasteiger partial charge in [0.05, 0.1) is 37.3 Å². The molecule has 0 bridgehead atoms. The number of halogens is 2. The fourth-order valence-electron chi connectivity index (χ4n) is 5.41. The molecule has 3 atom stereocenters. The molecule has 1 saturated carbocycles. The summed E-state index contributed by atoms with van der Waals surface area (Å²) in [5.41, 5.74) is 3.15. The molecule has 1 saturated heterocycles. The van der Waals surface area contributed by atoms with Crippen LogP contribution in [0.25, 0.3) is 27.9 Å². The predicted molar refractivity (Wildman–Crippen MR) is 147 cm³/mol. The van der Waals surface area contributed by atoms with Gasteiger partial charge in [-0.1, -0.05) is 30.3 Å². The van der Waals surface area contributed by atoms with Crippen LogP contribution in [-0.4, -0.2) is 73.5 Å². The topological polar surface area (TPSA) is 110 Å². The van der Waals surface area contributed by atoms with Crippen molar-refractivity contribution < 1.29 is 23.4 Å². The molecule has 4 aromatic heterocycles. The van der Waals surface area contributed by atoms with E-state index in [9.17, 15) is 18.7 Å². The normalized spacial score (nSPS) is 21.4. The smallest absolute Gasteiger partial charge is 0.270 e. The van der Waals surface area contributed by atoms with Gasteiger partial charge in [-0.05, 0) is 17.7 Å². The van der Waals surface area contributed by atoms with Gasteiger partial charge >= 0.3 is 0 Å². The number of hydrogen-bond donors (Lipinski definition) is 2. The molecule has 0 radical (unpaired) electrons. The average molecular weight is 560 g/mol. The summed E-state index contributed by atoms with van der Waals surface area (Å²) >= 11 is 0. The SMILES string of the molecule is CN(Cc1ccccc1)c1cc(-c2cn([C@@H]3CC3(F)F)c3ncccc23)nc2c(C(=O)NC3COCC3O)cnn12. The molecule has 41 heavy (non-hydrogen) atoms. The third-order valence-corrected chi connectivity index (χ3v) is 7.71. The molecule has 2 unspecified atom stereocenters. The molecule has 1 aromatic carbocycles. The zero-order valence-electron chi connectivity index (χ0n) is 22.1. The number of benzene rings is 1. The van der Waals surface area contributed by atoms with Gasteiger partial charge in [0.25, 0.3) is 11.8 Å². The van der Waals surface area contributed by atoms with Gasteiger partial charge in [0.2, 0.25) is 0 Å². The number of amides is 1. The zero-order valence-corrected chi connectivity index (χ0v) is 22.1. The summed E-state index contributed by atoms with van der Waals surface area (Å²) in [4.78, 5) is 24.6. The van der Waals surface area contributed by atoms with E-state index >= 15 is 0 Å². The van der Waals surface area contributed by atoms with Crippen LogP contribution >= 0.6 is 0 Å². The summed E-state index contributed by atoms with van der Waals surface area (Å²) in [6.07, 6.45) is 3.65. The lowest BCUT2D eigenvalue weighted by Crippen LogP contribution is -2.42. The molecule has 2 aliphatic rings. The number of anilines is 1. The number of aliphatic hydroxyl groups excluding tert-OH is 1. The molecular weight excluding hydrogens is 532 g/mol. The van der Waals surface area contributed by atoms with E-state index in [4.69, 9.17) is 9.72 Å². The van der Waals surface area contributed by atoms with Gasteiger partial charge in [-0.3, -0.25) is 4.79 Å². The lowest BCUT2D eigenvalue weighted by atomic mass is 10.1. The summed E-state index contributed by atoms with van der Waals surface area (Å²) in [6, 6.07) is 13.8. The first-order valence-corrected chi connectivity index (χ1v) is 13.3. The first-order chi connectivity index (χ1) is 19.8. The standard InChI is InChI=1S/C29H27F2N7O3/c1-36(13-17-6-3-2-4-7-17)25-10-21(20-14-37(24-11-29(24,30)31)26-18(20)8-5-9-32-26)34-27-19(12-33-38(25)27)28(40)35-22-15-41-16-23(22)39/h2-10,12,14,22-24,39H,11,13,15-16H2,1H3,(H,35,40)/t22?,23?,24-/m1/s1. The summed E-state index contributed by atoms with van der Waals surface area (Å²) < 4.78 is 36.7. The Kier molecular flexibility index (Phi) is 5.98. The molecule has 5 aromatic rings. The van der Waals surface area contributed by atoms with Crippen LogP contribution in [-0.2, 0) is 11.3 Å². The molecule has 1 aliphatic carbocycles. The molecule has 1 amide bonds. The van der Waals surface area contributed by atoms with Crippen molar-refractivity contribution in [2.45, 2.75) is 37.1 Å². The quantitative estimate of drug-likeness (QED) is 0.314. The van der Waals surface area contributed by atoms with Crippen molar-refractivity contribution in [1.29, 1.82) is 0 Å². The largest absolute Gasteiger partial charge is 0.388 e. The van der Waals surface area contributed by atoms with Crippen LogP contribution < -0.4 is 10.2 Å². The van der Waals surface area contributed by atoms with Crippen LogP contribution in [0.4, 0.5) is 14.6 Å². The first kappa shape index (κ1) is 25.5. The zero-order chi connectivity index (χ0) is 28.3. The van der Waals surface area contributed by atoms with E-state index in [1.54, 1.807) is 23.0 Å². The van der Waals surface area contributed by atoms with Crippen molar-refractivity contribution in [1.82, 2.24) is 29.5 Å². The Morgan fingerprint density at radius 2 is 2.00 bits per heavy atom.